The van der Waals surface area contributed by atoms with Crippen molar-refractivity contribution in [3.05, 3.63) is 71.8 Å². The van der Waals surface area contributed by atoms with E-state index in [1.807, 2.05) is 68.5 Å². The van der Waals surface area contributed by atoms with Gasteiger partial charge >= 0.3 is 11.9 Å². The number of carbonyl (C=O) groups is 2. The summed E-state index contributed by atoms with van der Waals surface area (Å²) in [5.41, 5.74) is 1.06. The van der Waals surface area contributed by atoms with E-state index < -0.39 is 17.4 Å². The second kappa shape index (κ2) is 9.02. The van der Waals surface area contributed by atoms with Crippen LogP contribution in [0.5, 0.6) is 0 Å². The van der Waals surface area contributed by atoms with Gasteiger partial charge in [-0.15, -0.1) is 0 Å². The van der Waals surface area contributed by atoms with Crippen LogP contribution in [0, 0.1) is 11.3 Å². The van der Waals surface area contributed by atoms with Gasteiger partial charge in [-0.25, -0.2) is 0 Å². The molecule has 156 valence electrons. The third-order valence-corrected chi connectivity index (χ3v) is 5.86. The molecule has 2 aliphatic heterocycles. The molecule has 2 heterocycles. The van der Waals surface area contributed by atoms with Crippen molar-refractivity contribution in [1.29, 1.82) is 0 Å². The first-order valence-corrected chi connectivity index (χ1v) is 10.2. The van der Waals surface area contributed by atoms with Crippen molar-refractivity contribution in [2.45, 2.75) is 31.7 Å². The van der Waals surface area contributed by atoms with Crippen LogP contribution in [0.3, 0.4) is 0 Å². The molecular formula is C23H25BO6. The molecule has 6 nitrogen and oxygen atoms in total. The first kappa shape index (κ1) is 20.6. The zero-order valence-corrected chi connectivity index (χ0v) is 17.0. The summed E-state index contributed by atoms with van der Waals surface area (Å²) in [6.07, 6.45) is -0.377. The monoisotopic (exact) mass is 408 g/mol. The first-order chi connectivity index (χ1) is 14.6. The van der Waals surface area contributed by atoms with Gasteiger partial charge in [-0.2, -0.15) is 0 Å². The molecule has 2 aromatic rings. The van der Waals surface area contributed by atoms with Gasteiger partial charge in [0.25, 0.3) is 0 Å². The first-order valence-electron chi connectivity index (χ1n) is 10.2. The predicted octanol–water partition coefficient (Wildman–Crippen LogP) is 1.85. The van der Waals surface area contributed by atoms with Gasteiger partial charge < -0.3 is 18.9 Å². The average Bonchev–Trinajstić information content (AvgIpc) is 3.07. The summed E-state index contributed by atoms with van der Waals surface area (Å²) >= 11 is 0. The van der Waals surface area contributed by atoms with Gasteiger partial charge in [0.05, 0.1) is 37.7 Å². The lowest BCUT2D eigenvalue weighted by Gasteiger charge is -2.39. The van der Waals surface area contributed by atoms with Gasteiger partial charge in [0.2, 0.25) is 0 Å². The number of benzene rings is 2. The molecule has 7 heteroatoms. The number of fused-ring (bicyclic) bond motifs is 2. The van der Waals surface area contributed by atoms with E-state index in [1.54, 1.807) is 0 Å². The topological polar surface area (TPSA) is 71.1 Å². The zero-order chi connectivity index (χ0) is 21.0. The Morgan fingerprint density at radius 1 is 0.900 bits per heavy atom. The van der Waals surface area contributed by atoms with Crippen LogP contribution in [-0.2, 0) is 41.8 Å². The van der Waals surface area contributed by atoms with Gasteiger partial charge in [0, 0.05) is 5.41 Å². The van der Waals surface area contributed by atoms with Crippen molar-refractivity contribution < 1.29 is 28.5 Å². The summed E-state index contributed by atoms with van der Waals surface area (Å²) in [5, 5.41) is 0. The summed E-state index contributed by atoms with van der Waals surface area (Å²) in [4.78, 5) is 25.6. The van der Waals surface area contributed by atoms with Crippen LogP contribution in [0.25, 0.3) is 0 Å². The Hall–Kier alpha value is -2.64. The molecule has 2 aromatic carbocycles. The van der Waals surface area contributed by atoms with Gasteiger partial charge in [-0.05, 0) is 11.1 Å². The third-order valence-electron chi connectivity index (χ3n) is 5.86. The number of rotatable bonds is 7. The van der Waals surface area contributed by atoms with Crippen molar-refractivity contribution >= 4 is 19.8 Å². The lowest BCUT2D eigenvalue weighted by molar-refractivity contribution is -0.169. The van der Waals surface area contributed by atoms with Crippen LogP contribution in [0.1, 0.15) is 17.5 Å². The van der Waals surface area contributed by atoms with Gasteiger partial charge in [-0.1, -0.05) is 60.7 Å². The number of hydrogen-bond acceptors (Lipinski definition) is 6. The highest BCUT2D eigenvalue weighted by atomic mass is 16.6. The van der Waals surface area contributed by atoms with Crippen molar-refractivity contribution in [2.75, 3.05) is 13.2 Å². The van der Waals surface area contributed by atoms with Gasteiger partial charge in [0.1, 0.15) is 21.1 Å². The molecular weight excluding hydrogens is 383 g/mol. The van der Waals surface area contributed by atoms with Crippen molar-refractivity contribution in [2.24, 2.45) is 11.3 Å². The van der Waals surface area contributed by atoms with E-state index in [4.69, 9.17) is 18.9 Å². The Morgan fingerprint density at radius 3 is 2.10 bits per heavy atom. The standard InChI is InChI=1S/C23H25BO6/c24-21-20-19(22(26)28-13-17-9-5-2-6-10-17)23(14-29-20,15-30-21)11-18(25)27-12-16-7-3-1-4-8-16/h1-10,19-21H,11-15,24H2/t19?,20?,21-,23+/m1/s1. The van der Waals surface area contributed by atoms with Crippen LogP contribution in [0.15, 0.2) is 60.7 Å². The largest absolute Gasteiger partial charge is 0.461 e. The molecule has 2 saturated heterocycles. The van der Waals surface area contributed by atoms with Crippen molar-refractivity contribution in [3.8, 4) is 0 Å². The summed E-state index contributed by atoms with van der Waals surface area (Å²) in [7, 11) is 1.88. The molecule has 2 bridgehead atoms. The zero-order valence-electron chi connectivity index (χ0n) is 17.0. The quantitative estimate of drug-likeness (QED) is 0.515. The summed E-state index contributed by atoms with van der Waals surface area (Å²) in [5.74, 6) is -1.29. The van der Waals surface area contributed by atoms with Crippen LogP contribution in [-0.4, -0.2) is 45.1 Å². The lowest BCUT2D eigenvalue weighted by Crippen LogP contribution is -2.52. The van der Waals surface area contributed by atoms with E-state index in [0.717, 1.165) is 11.1 Å². The minimum Gasteiger partial charge on any atom is -0.461 e. The molecule has 4 atom stereocenters. The summed E-state index contributed by atoms with van der Waals surface area (Å²) in [6.45, 7) is 0.914. The molecule has 0 N–H and O–H groups in total. The van der Waals surface area contributed by atoms with Crippen LogP contribution in [0.2, 0.25) is 0 Å². The Morgan fingerprint density at radius 2 is 1.47 bits per heavy atom. The molecule has 0 amide bonds. The van der Waals surface area contributed by atoms with Gasteiger partial charge in [-0.3, -0.25) is 9.59 Å². The maximum atomic E-state index is 13.0. The SMILES string of the molecule is B[C@@H]1OC[C@]2(CC(=O)OCc3ccccc3)COC1C2C(=O)OCc1ccccc1. The molecule has 0 aliphatic carbocycles. The molecule has 4 rings (SSSR count). The molecule has 0 radical (unpaired) electrons. The van der Waals surface area contributed by atoms with Crippen LogP contribution in [0.4, 0.5) is 0 Å². The molecule has 30 heavy (non-hydrogen) atoms. The van der Waals surface area contributed by atoms with Gasteiger partial charge in [0.15, 0.2) is 0 Å². The predicted molar refractivity (Wildman–Crippen MR) is 111 cm³/mol. The smallest absolute Gasteiger partial charge is 0.312 e. The molecule has 2 unspecified atom stereocenters. The van der Waals surface area contributed by atoms with E-state index in [-0.39, 0.29) is 50.8 Å². The molecule has 2 aliphatic rings. The third kappa shape index (κ3) is 4.42. The number of ether oxygens (including phenoxy) is 4. The fourth-order valence-corrected chi connectivity index (χ4v) is 4.22. The van der Waals surface area contributed by atoms with Crippen LogP contribution < -0.4 is 0 Å². The number of hydrogen-bond donors (Lipinski definition) is 0. The normalized spacial score (nSPS) is 27.4. The van der Waals surface area contributed by atoms with E-state index >= 15 is 0 Å². The molecule has 0 saturated carbocycles. The second-order valence-electron chi connectivity index (χ2n) is 8.05. The van der Waals surface area contributed by atoms with Crippen molar-refractivity contribution in [1.82, 2.24) is 0 Å². The van der Waals surface area contributed by atoms with E-state index in [2.05, 4.69) is 0 Å². The van der Waals surface area contributed by atoms with E-state index in [1.165, 1.54) is 0 Å². The highest BCUT2D eigenvalue weighted by Gasteiger charge is 2.60. The fourth-order valence-electron chi connectivity index (χ4n) is 4.22. The maximum Gasteiger partial charge on any atom is 0.312 e. The minimum atomic E-state index is -0.765. The highest BCUT2D eigenvalue weighted by molar-refractivity contribution is 6.11. The number of esters is 2. The maximum absolute atomic E-state index is 13.0. The van der Waals surface area contributed by atoms with E-state index in [0.29, 0.717) is 0 Å². The Labute approximate surface area is 176 Å². The second-order valence-corrected chi connectivity index (χ2v) is 8.05. The average molecular weight is 408 g/mol. The molecule has 2 fully saturated rings. The minimum absolute atomic E-state index is 0.0498. The Kier molecular flexibility index (Phi) is 6.20. The Bertz CT molecular complexity index is 874. The summed E-state index contributed by atoms with van der Waals surface area (Å²) in [6, 6.07) is 18.8. The van der Waals surface area contributed by atoms with E-state index in [9.17, 15) is 9.59 Å². The lowest BCUT2D eigenvalue weighted by atomic mass is 9.68. The molecule has 0 aromatic heterocycles. The Balaban J connectivity index is 1.42. The summed E-state index contributed by atoms with van der Waals surface area (Å²) < 4.78 is 22.8. The van der Waals surface area contributed by atoms with Crippen LogP contribution >= 0.6 is 0 Å². The fraction of sp³-hybridized carbons (Fsp3) is 0.391. The van der Waals surface area contributed by atoms with Crippen molar-refractivity contribution in [3.63, 3.8) is 0 Å². The molecule has 0 spiro atoms. The number of carbonyl (C=O) groups excluding carboxylic acids is 2. The highest BCUT2D eigenvalue weighted by Crippen LogP contribution is 2.47.